The van der Waals surface area contributed by atoms with Crippen LogP contribution in [0.1, 0.15) is 0 Å². The number of nitrogens with one attached hydrogen (secondary N) is 1. The lowest BCUT2D eigenvalue weighted by Crippen LogP contribution is -2.19. The molecule has 4 aromatic rings. The van der Waals surface area contributed by atoms with Crippen molar-refractivity contribution in [2.24, 2.45) is 5.73 Å². The van der Waals surface area contributed by atoms with Crippen LogP contribution in [0, 0.1) is 0 Å². The minimum atomic E-state index is -0.739. The predicted octanol–water partition coefficient (Wildman–Crippen LogP) is 4.07. The molecule has 0 bridgehead atoms. The SMILES string of the molecule is NC(=O)Nc1ccc(Oc2ccc3c(c2)OCO3)nc1Oc1ccc(-n2ccnc2)cc1. The Hall–Kier alpha value is -4.73. The van der Waals surface area contributed by atoms with Crippen LogP contribution in [0.3, 0.4) is 0 Å². The van der Waals surface area contributed by atoms with E-state index in [2.05, 4.69) is 15.3 Å². The van der Waals surface area contributed by atoms with Crippen LogP contribution in [-0.2, 0) is 0 Å². The molecule has 3 heterocycles. The van der Waals surface area contributed by atoms with Crippen molar-refractivity contribution in [3.05, 3.63) is 73.3 Å². The number of primary amides is 1. The summed E-state index contributed by atoms with van der Waals surface area (Å²) in [5.41, 5.74) is 6.49. The van der Waals surface area contributed by atoms with Crippen molar-refractivity contribution in [1.82, 2.24) is 14.5 Å². The molecule has 0 radical (unpaired) electrons. The van der Waals surface area contributed by atoms with Gasteiger partial charge in [0.2, 0.25) is 18.6 Å². The Morgan fingerprint density at radius 1 is 1.00 bits per heavy atom. The summed E-state index contributed by atoms with van der Waals surface area (Å²) in [6, 6.07) is 14.9. The number of imidazole rings is 1. The van der Waals surface area contributed by atoms with Gasteiger partial charge in [0.15, 0.2) is 11.5 Å². The van der Waals surface area contributed by atoms with Gasteiger partial charge in [-0.2, -0.15) is 4.98 Å². The van der Waals surface area contributed by atoms with Crippen LogP contribution in [0.15, 0.2) is 73.3 Å². The summed E-state index contributed by atoms with van der Waals surface area (Å²) in [5.74, 6) is 2.63. The van der Waals surface area contributed by atoms with Crippen LogP contribution in [0.2, 0.25) is 0 Å². The summed E-state index contributed by atoms with van der Waals surface area (Å²) in [6.45, 7) is 0.169. The molecule has 0 unspecified atom stereocenters. The van der Waals surface area contributed by atoms with E-state index in [1.165, 1.54) is 0 Å². The summed E-state index contributed by atoms with van der Waals surface area (Å²) < 4.78 is 24.3. The standard InChI is InChI=1S/C22H17N5O5/c23-22(28)25-17-6-8-20(31-16-5-7-18-19(11-16)30-13-29-18)26-21(17)32-15-3-1-14(2-4-15)27-10-9-24-12-27/h1-12H,13H2,(H3,23,25,28). The molecule has 32 heavy (non-hydrogen) atoms. The molecule has 2 aromatic heterocycles. The molecule has 0 fully saturated rings. The van der Waals surface area contributed by atoms with E-state index in [9.17, 15) is 4.79 Å². The number of nitrogens with zero attached hydrogens (tertiary/aromatic N) is 3. The summed E-state index contributed by atoms with van der Waals surface area (Å²) in [4.78, 5) is 19.8. The Bertz CT molecular complexity index is 1260. The molecule has 0 saturated carbocycles. The Morgan fingerprint density at radius 2 is 1.81 bits per heavy atom. The largest absolute Gasteiger partial charge is 0.454 e. The van der Waals surface area contributed by atoms with E-state index in [-0.39, 0.29) is 18.6 Å². The van der Waals surface area contributed by atoms with Crippen LogP contribution < -0.4 is 30.0 Å². The number of fused-ring (bicyclic) bond motifs is 1. The zero-order valence-corrected chi connectivity index (χ0v) is 16.6. The number of hydrogen-bond donors (Lipinski definition) is 2. The highest BCUT2D eigenvalue weighted by Gasteiger charge is 2.16. The quantitative estimate of drug-likeness (QED) is 0.472. The van der Waals surface area contributed by atoms with Crippen molar-refractivity contribution in [2.75, 3.05) is 12.1 Å². The third-order valence-electron chi connectivity index (χ3n) is 4.51. The number of ether oxygens (including phenoxy) is 4. The van der Waals surface area contributed by atoms with E-state index >= 15 is 0 Å². The maximum Gasteiger partial charge on any atom is 0.316 e. The minimum absolute atomic E-state index is 0.123. The highest BCUT2D eigenvalue weighted by molar-refractivity contribution is 5.89. The van der Waals surface area contributed by atoms with Gasteiger partial charge in [-0.1, -0.05) is 0 Å². The number of carbonyl (C=O) groups excluding carboxylic acids is 1. The van der Waals surface area contributed by atoms with Crippen molar-refractivity contribution in [1.29, 1.82) is 0 Å². The van der Waals surface area contributed by atoms with Gasteiger partial charge in [0.05, 0.1) is 6.33 Å². The third-order valence-corrected chi connectivity index (χ3v) is 4.51. The van der Waals surface area contributed by atoms with Gasteiger partial charge in [-0.25, -0.2) is 9.78 Å². The number of aromatic nitrogens is 3. The lowest BCUT2D eigenvalue weighted by Gasteiger charge is -2.13. The number of benzene rings is 2. The van der Waals surface area contributed by atoms with Crippen molar-refractivity contribution >= 4 is 11.7 Å². The molecule has 5 rings (SSSR count). The highest BCUT2D eigenvalue weighted by atomic mass is 16.7. The summed E-state index contributed by atoms with van der Waals surface area (Å²) in [7, 11) is 0. The molecule has 0 atom stereocenters. The van der Waals surface area contributed by atoms with Crippen molar-refractivity contribution in [3.63, 3.8) is 0 Å². The van der Waals surface area contributed by atoms with Crippen molar-refractivity contribution in [2.45, 2.75) is 0 Å². The second-order valence-electron chi connectivity index (χ2n) is 6.67. The maximum absolute atomic E-state index is 11.4. The molecule has 1 aliphatic rings. The first-order valence-electron chi connectivity index (χ1n) is 9.55. The predicted molar refractivity (Wildman–Crippen MR) is 114 cm³/mol. The van der Waals surface area contributed by atoms with Crippen molar-refractivity contribution < 1.29 is 23.7 Å². The van der Waals surface area contributed by atoms with Gasteiger partial charge < -0.3 is 34.6 Å². The smallest absolute Gasteiger partial charge is 0.316 e. The highest BCUT2D eigenvalue weighted by Crippen LogP contribution is 2.37. The average molecular weight is 431 g/mol. The summed E-state index contributed by atoms with van der Waals surface area (Å²) in [6.07, 6.45) is 5.23. The summed E-state index contributed by atoms with van der Waals surface area (Å²) >= 11 is 0. The first-order valence-corrected chi connectivity index (χ1v) is 9.55. The van der Waals surface area contributed by atoms with E-state index in [4.69, 9.17) is 24.7 Å². The number of carbonyl (C=O) groups is 1. The number of nitrogens with two attached hydrogens (primary N) is 1. The zero-order valence-electron chi connectivity index (χ0n) is 16.6. The second-order valence-corrected chi connectivity index (χ2v) is 6.67. The maximum atomic E-state index is 11.4. The van der Waals surface area contributed by atoms with Gasteiger partial charge in [-0.3, -0.25) is 0 Å². The molecule has 1 aliphatic heterocycles. The second kappa shape index (κ2) is 8.19. The number of pyridine rings is 1. The molecule has 10 heteroatoms. The number of urea groups is 1. The van der Waals surface area contributed by atoms with Gasteiger partial charge in [0, 0.05) is 30.2 Å². The van der Waals surface area contributed by atoms with Gasteiger partial charge in [-0.05, 0) is 42.5 Å². The molecule has 10 nitrogen and oxygen atoms in total. The Morgan fingerprint density at radius 3 is 2.59 bits per heavy atom. The number of hydrogen-bond acceptors (Lipinski definition) is 7. The van der Waals surface area contributed by atoms with Gasteiger partial charge in [0.1, 0.15) is 17.2 Å². The lowest BCUT2D eigenvalue weighted by molar-refractivity contribution is 0.174. The first-order chi connectivity index (χ1) is 15.6. The number of anilines is 1. The molecule has 0 aliphatic carbocycles. The van der Waals surface area contributed by atoms with E-state index in [0.29, 0.717) is 28.7 Å². The number of amides is 2. The molecule has 0 saturated heterocycles. The van der Waals surface area contributed by atoms with E-state index < -0.39 is 6.03 Å². The Balaban J connectivity index is 1.39. The first kappa shape index (κ1) is 19.2. The molecular weight excluding hydrogens is 414 g/mol. The fourth-order valence-corrected chi connectivity index (χ4v) is 3.06. The normalized spacial score (nSPS) is 11.8. The topological polar surface area (TPSA) is 123 Å². The monoisotopic (exact) mass is 431 g/mol. The summed E-state index contributed by atoms with van der Waals surface area (Å²) in [5, 5.41) is 2.50. The molecule has 2 aromatic carbocycles. The van der Waals surface area contributed by atoms with Gasteiger partial charge in [0.25, 0.3) is 0 Å². The number of rotatable bonds is 6. The van der Waals surface area contributed by atoms with Gasteiger partial charge in [-0.15, -0.1) is 0 Å². The Labute approximate surface area is 182 Å². The molecule has 3 N–H and O–H groups in total. The van der Waals surface area contributed by atoms with E-state index in [1.54, 1.807) is 55.0 Å². The molecule has 0 spiro atoms. The zero-order chi connectivity index (χ0) is 21.9. The van der Waals surface area contributed by atoms with Crippen LogP contribution in [0.5, 0.6) is 34.8 Å². The average Bonchev–Trinajstić information content (AvgIpc) is 3.48. The van der Waals surface area contributed by atoms with Crippen molar-refractivity contribution in [3.8, 4) is 40.4 Å². The van der Waals surface area contributed by atoms with Crippen LogP contribution in [0.25, 0.3) is 5.69 Å². The molecule has 160 valence electrons. The van der Waals surface area contributed by atoms with Crippen LogP contribution in [0.4, 0.5) is 10.5 Å². The third kappa shape index (κ3) is 4.10. The van der Waals surface area contributed by atoms with E-state index in [0.717, 1.165) is 5.69 Å². The fraction of sp³-hybridized carbons (Fsp3) is 0.0455. The Kier molecular flexibility index (Phi) is 4.92. The lowest BCUT2D eigenvalue weighted by atomic mass is 10.3. The molecular formula is C22H17N5O5. The minimum Gasteiger partial charge on any atom is -0.454 e. The van der Waals surface area contributed by atoms with E-state index in [1.807, 2.05) is 22.9 Å². The molecule has 2 amide bonds. The van der Waals surface area contributed by atoms with Crippen LogP contribution >= 0.6 is 0 Å². The van der Waals surface area contributed by atoms with Crippen LogP contribution in [-0.4, -0.2) is 27.4 Å². The van der Waals surface area contributed by atoms with Gasteiger partial charge >= 0.3 is 6.03 Å². The fourth-order valence-electron chi connectivity index (χ4n) is 3.06.